The third kappa shape index (κ3) is 2.47. The van der Waals surface area contributed by atoms with E-state index in [-0.39, 0.29) is 5.82 Å². The molecule has 1 aromatic rings. The molecule has 1 nitrogen and oxygen atoms in total. The third-order valence-electron chi connectivity index (χ3n) is 2.69. The highest BCUT2D eigenvalue weighted by Crippen LogP contribution is 2.32. The molecule has 0 bridgehead atoms. The van der Waals surface area contributed by atoms with E-state index in [1.54, 1.807) is 6.07 Å². The maximum absolute atomic E-state index is 13.2. The van der Waals surface area contributed by atoms with Gasteiger partial charge in [0, 0.05) is 6.54 Å². The Balaban J connectivity index is 1.89. The molecule has 1 saturated carbocycles. The number of benzene rings is 1. The van der Waals surface area contributed by atoms with Gasteiger partial charge in [-0.3, -0.25) is 0 Å². The molecule has 0 spiro atoms. The number of rotatable bonds is 4. The summed E-state index contributed by atoms with van der Waals surface area (Å²) in [5.41, 5.74) is 1.74. The number of aryl methyl sites for hydroxylation is 1. The lowest BCUT2D eigenvalue weighted by Crippen LogP contribution is -2.04. The van der Waals surface area contributed by atoms with Crippen molar-refractivity contribution in [1.82, 2.24) is 0 Å². The first-order valence-electron chi connectivity index (χ1n) is 5.26. The molecule has 0 heterocycles. The molecule has 2 rings (SSSR count). The van der Waals surface area contributed by atoms with Crippen LogP contribution in [0.25, 0.3) is 0 Å². The Hall–Kier alpha value is -1.05. The molecule has 0 atom stereocenters. The van der Waals surface area contributed by atoms with Crippen LogP contribution in [0.15, 0.2) is 18.2 Å². The minimum atomic E-state index is -0.147. The number of nitrogens with one attached hydrogen (secondary N) is 1. The van der Waals surface area contributed by atoms with Crippen LogP contribution in [0.5, 0.6) is 0 Å². The van der Waals surface area contributed by atoms with Gasteiger partial charge in [0.15, 0.2) is 0 Å². The van der Waals surface area contributed by atoms with E-state index in [1.807, 2.05) is 13.0 Å². The van der Waals surface area contributed by atoms with Gasteiger partial charge in [-0.2, -0.15) is 0 Å². The molecule has 0 aliphatic heterocycles. The van der Waals surface area contributed by atoms with Gasteiger partial charge in [-0.15, -0.1) is 0 Å². The van der Waals surface area contributed by atoms with Gasteiger partial charge in [0.2, 0.25) is 0 Å². The zero-order valence-corrected chi connectivity index (χ0v) is 8.52. The van der Waals surface area contributed by atoms with Gasteiger partial charge in [0.1, 0.15) is 5.82 Å². The first kappa shape index (κ1) is 9.50. The summed E-state index contributed by atoms with van der Waals surface area (Å²) in [6.45, 7) is 2.87. The Kier molecular flexibility index (Phi) is 2.71. The van der Waals surface area contributed by atoms with E-state index >= 15 is 0 Å². The fourth-order valence-electron chi connectivity index (χ4n) is 1.59. The zero-order valence-electron chi connectivity index (χ0n) is 8.52. The van der Waals surface area contributed by atoms with E-state index in [0.29, 0.717) is 5.69 Å². The summed E-state index contributed by atoms with van der Waals surface area (Å²) in [5.74, 6) is 0.752. The summed E-state index contributed by atoms with van der Waals surface area (Å²) in [5, 5.41) is 3.15. The molecule has 1 aliphatic carbocycles. The Morgan fingerprint density at radius 2 is 2.21 bits per heavy atom. The average molecular weight is 193 g/mol. The molecule has 76 valence electrons. The molecule has 2 heteroatoms. The molecule has 0 saturated heterocycles. The van der Waals surface area contributed by atoms with Crippen LogP contribution < -0.4 is 5.32 Å². The van der Waals surface area contributed by atoms with Crippen LogP contribution in [0, 0.1) is 18.7 Å². The van der Waals surface area contributed by atoms with Crippen molar-refractivity contribution in [3.8, 4) is 0 Å². The lowest BCUT2D eigenvalue weighted by Gasteiger charge is -2.07. The van der Waals surface area contributed by atoms with Crippen molar-refractivity contribution in [2.75, 3.05) is 11.9 Å². The molecule has 1 aliphatic rings. The number of hydrogen-bond donors (Lipinski definition) is 1. The van der Waals surface area contributed by atoms with E-state index in [4.69, 9.17) is 0 Å². The van der Waals surface area contributed by atoms with Crippen LogP contribution in [0.3, 0.4) is 0 Å². The van der Waals surface area contributed by atoms with Crippen LogP contribution in [0.2, 0.25) is 0 Å². The first-order chi connectivity index (χ1) is 6.75. The van der Waals surface area contributed by atoms with Crippen molar-refractivity contribution in [2.24, 2.45) is 5.92 Å². The SMILES string of the molecule is Cc1ccc(F)c(NCCC2CC2)c1. The topological polar surface area (TPSA) is 12.0 Å². The predicted molar refractivity (Wildman–Crippen MR) is 57.0 cm³/mol. The first-order valence-corrected chi connectivity index (χ1v) is 5.26. The fourth-order valence-corrected chi connectivity index (χ4v) is 1.59. The highest BCUT2D eigenvalue weighted by atomic mass is 19.1. The lowest BCUT2D eigenvalue weighted by molar-refractivity contribution is 0.628. The monoisotopic (exact) mass is 193 g/mol. The van der Waals surface area contributed by atoms with Crippen LogP contribution in [0.4, 0.5) is 10.1 Å². The average Bonchev–Trinajstić information content (AvgIpc) is 2.95. The summed E-state index contributed by atoms with van der Waals surface area (Å²) >= 11 is 0. The van der Waals surface area contributed by atoms with Gasteiger partial charge < -0.3 is 5.32 Å². The highest BCUT2D eigenvalue weighted by molar-refractivity contribution is 5.46. The van der Waals surface area contributed by atoms with Crippen molar-refractivity contribution in [3.63, 3.8) is 0 Å². The molecule has 1 N–H and O–H groups in total. The molecule has 0 radical (unpaired) electrons. The summed E-state index contributed by atoms with van der Waals surface area (Å²) in [4.78, 5) is 0. The molecule has 0 unspecified atom stereocenters. The number of anilines is 1. The Bertz CT molecular complexity index is 318. The largest absolute Gasteiger partial charge is 0.383 e. The highest BCUT2D eigenvalue weighted by Gasteiger charge is 2.20. The standard InChI is InChI=1S/C12H16FN/c1-9-2-5-11(13)12(8-9)14-7-6-10-3-4-10/h2,5,8,10,14H,3-4,6-7H2,1H3. The minimum Gasteiger partial charge on any atom is -0.383 e. The van der Waals surface area contributed by atoms with Crippen molar-refractivity contribution in [3.05, 3.63) is 29.6 Å². The number of halogens is 1. The van der Waals surface area contributed by atoms with Crippen LogP contribution in [-0.2, 0) is 0 Å². The molecule has 14 heavy (non-hydrogen) atoms. The minimum absolute atomic E-state index is 0.147. The Morgan fingerprint density at radius 3 is 2.93 bits per heavy atom. The van der Waals surface area contributed by atoms with Crippen LogP contribution in [0.1, 0.15) is 24.8 Å². The second-order valence-electron chi connectivity index (χ2n) is 4.14. The van der Waals surface area contributed by atoms with E-state index < -0.39 is 0 Å². The normalized spacial score (nSPS) is 15.6. The molecule has 0 aromatic heterocycles. The summed E-state index contributed by atoms with van der Waals surface area (Å²) < 4.78 is 13.2. The predicted octanol–water partition coefficient (Wildman–Crippen LogP) is 3.35. The van der Waals surface area contributed by atoms with Crippen LogP contribution >= 0.6 is 0 Å². The van der Waals surface area contributed by atoms with Crippen LogP contribution in [-0.4, -0.2) is 6.54 Å². The fraction of sp³-hybridized carbons (Fsp3) is 0.500. The zero-order chi connectivity index (χ0) is 9.97. The van der Waals surface area contributed by atoms with Gasteiger partial charge in [0.05, 0.1) is 5.69 Å². The van der Waals surface area contributed by atoms with Gasteiger partial charge >= 0.3 is 0 Å². The summed E-state index contributed by atoms with van der Waals surface area (Å²) in [7, 11) is 0. The van der Waals surface area contributed by atoms with Gasteiger partial charge in [0.25, 0.3) is 0 Å². The van der Waals surface area contributed by atoms with Gasteiger partial charge in [-0.25, -0.2) is 4.39 Å². The van der Waals surface area contributed by atoms with Crippen molar-refractivity contribution >= 4 is 5.69 Å². The smallest absolute Gasteiger partial charge is 0.146 e. The molecule has 1 fully saturated rings. The number of hydrogen-bond acceptors (Lipinski definition) is 1. The molecule has 1 aromatic carbocycles. The third-order valence-corrected chi connectivity index (χ3v) is 2.69. The molecular weight excluding hydrogens is 177 g/mol. The second-order valence-corrected chi connectivity index (χ2v) is 4.14. The van der Waals surface area contributed by atoms with Crippen molar-refractivity contribution in [1.29, 1.82) is 0 Å². The lowest BCUT2D eigenvalue weighted by atomic mass is 10.2. The summed E-state index contributed by atoms with van der Waals surface area (Å²) in [6, 6.07) is 5.18. The second kappa shape index (κ2) is 3.99. The molecule has 0 amide bonds. The van der Waals surface area contributed by atoms with Crippen molar-refractivity contribution in [2.45, 2.75) is 26.2 Å². The maximum atomic E-state index is 13.2. The Morgan fingerprint density at radius 1 is 1.43 bits per heavy atom. The summed E-state index contributed by atoms with van der Waals surface area (Å²) in [6.07, 6.45) is 3.89. The molecular formula is C12H16FN. The van der Waals surface area contributed by atoms with E-state index in [9.17, 15) is 4.39 Å². The van der Waals surface area contributed by atoms with Gasteiger partial charge in [-0.1, -0.05) is 18.9 Å². The quantitative estimate of drug-likeness (QED) is 0.773. The van der Waals surface area contributed by atoms with E-state index in [1.165, 1.54) is 25.3 Å². The van der Waals surface area contributed by atoms with Gasteiger partial charge in [-0.05, 0) is 37.0 Å². The van der Waals surface area contributed by atoms with E-state index in [2.05, 4.69) is 5.32 Å². The van der Waals surface area contributed by atoms with E-state index in [0.717, 1.165) is 18.0 Å². The van der Waals surface area contributed by atoms with Crippen molar-refractivity contribution < 1.29 is 4.39 Å². The Labute approximate surface area is 84.3 Å². The maximum Gasteiger partial charge on any atom is 0.146 e.